The molecule has 2 amide bonds. The van der Waals surface area contributed by atoms with Gasteiger partial charge in [-0.25, -0.2) is 4.79 Å². The SMILES string of the molecule is CO[C@H]1C(C2(C)O[C@@H]2C=CC(C)C)[C@]2(CC[C@H]1OC(=O)NC(C(=O)N(C)C)C(C)C)CO2. The van der Waals surface area contributed by atoms with E-state index in [2.05, 4.69) is 38.2 Å². The van der Waals surface area contributed by atoms with Crippen molar-refractivity contribution in [3.63, 3.8) is 0 Å². The minimum Gasteiger partial charge on any atom is -0.443 e. The van der Waals surface area contributed by atoms with E-state index in [1.165, 1.54) is 4.90 Å². The fourth-order valence-corrected chi connectivity index (χ4v) is 5.03. The van der Waals surface area contributed by atoms with Gasteiger partial charge in [-0.2, -0.15) is 0 Å². The standard InChI is InChI=1S/C24H40N2O6/c1-14(2)9-10-17-23(5,32-17)20-19(29-8)16(11-12-24(20)13-30-24)31-22(28)25-18(15(3)4)21(27)26(6)7/h9-10,14-20H,11-13H2,1-8H3,(H,25,28)/t16-,17-,18?,19-,20?,23?,24+/m1/s1. The van der Waals surface area contributed by atoms with Gasteiger partial charge in [-0.15, -0.1) is 0 Å². The molecule has 8 heteroatoms. The van der Waals surface area contributed by atoms with E-state index in [1.54, 1.807) is 21.2 Å². The number of nitrogens with zero attached hydrogens (tertiary/aromatic N) is 1. The number of rotatable bonds is 8. The molecule has 1 N–H and O–H groups in total. The van der Waals surface area contributed by atoms with E-state index in [-0.39, 0.29) is 35.6 Å². The van der Waals surface area contributed by atoms with Crippen LogP contribution in [0.15, 0.2) is 12.2 Å². The lowest BCUT2D eigenvalue weighted by atomic mass is 9.68. The molecule has 3 unspecified atom stereocenters. The lowest BCUT2D eigenvalue weighted by Crippen LogP contribution is -2.57. The summed E-state index contributed by atoms with van der Waals surface area (Å²) in [5.74, 6) is 0.159. The van der Waals surface area contributed by atoms with Crippen LogP contribution in [0.25, 0.3) is 0 Å². The van der Waals surface area contributed by atoms with Crippen LogP contribution in [0.1, 0.15) is 47.5 Å². The number of ether oxygens (including phenoxy) is 4. The van der Waals surface area contributed by atoms with Crippen molar-refractivity contribution >= 4 is 12.0 Å². The largest absolute Gasteiger partial charge is 0.443 e. The molecule has 32 heavy (non-hydrogen) atoms. The summed E-state index contributed by atoms with van der Waals surface area (Å²) in [4.78, 5) is 26.7. The summed E-state index contributed by atoms with van der Waals surface area (Å²) < 4.78 is 23.8. The Bertz CT molecular complexity index is 732. The van der Waals surface area contributed by atoms with E-state index in [4.69, 9.17) is 18.9 Å². The number of methoxy groups -OCH3 is 1. The molecule has 1 spiro atoms. The quantitative estimate of drug-likeness (QED) is 0.450. The Morgan fingerprint density at radius 3 is 2.38 bits per heavy atom. The second-order valence-electron chi connectivity index (χ2n) is 10.5. The first kappa shape index (κ1) is 25.0. The van der Waals surface area contributed by atoms with Crippen molar-refractivity contribution in [2.24, 2.45) is 17.8 Å². The zero-order valence-corrected chi connectivity index (χ0v) is 20.7. The minimum absolute atomic E-state index is 0.00997. The second kappa shape index (κ2) is 9.31. The molecule has 0 aromatic heterocycles. The van der Waals surface area contributed by atoms with Crippen LogP contribution in [0.2, 0.25) is 0 Å². The zero-order chi connectivity index (χ0) is 23.8. The number of carbonyl (C=O) groups excluding carboxylic acids is 2. The Hall–Kier alpha value is -1.64. The van der Waals surface area contributed by atoms with Gasteiger partial charge in [0.15, 0.2) is 0 Å². The molecule has 2 heterocycles. The molecule has 0 bridgehead atoms. The molecule has 1 aliphatic carbocycles. The first-order valence-electron chi connectivity index (χ1n) is 11.7. The van der Waals surface area contributed by atoms with Crippen LogP contribution in [0.5, 0.6) is 0 Å². The molecule has 3 fully saturated rings. The van der Waals surface area contributed by atoms with Crippen LogP contribution in [0, 0.1) is 17.8 Å². The first-order valence-corrected chi connectivity index (χ1v) is 11.7. The van der Waals surface area contributed by atoms with Crippen molar-refractivity contribution in [2.45, 2.75) is 83.0 Å². The number of hydrogen-bond acceptors (Lipinski definition) is 6. The predicted octanol–water partition coefficient (Wildman–Crippen LogP) is 2.76. The number of nitrogens with one attached hydrogen (secondary N) is 1. The first-order chi connectivity index (χ1) is 14.9. The van der Waals surface area contributed by atoms with Gasteiger partial charge in [0.05, 0.1) is 12.5 Å². The average molecular weight is 453 g/mol. The number of amides is 2. The maximum atomic E-state index is 12.8. The fraction of sp³-hybridized carbons (Fsp3) is 0.833. The topological polar surface area (TPSA) is 92.9 Å². The number of alkyl carbamates (subject to hydrolysis) is 1. The van der Waals surface area contributed by atoms with Crippen molar-refractivity contribution in [1.82, 2.24) is 10.2 Å². The average Bonchev–Trinajstić information content (AvgIpc) is 3.62. The number of hydrogen-bond donors (Lipinski definition) is 1. The molecule has 0 aromatic rings. The van der Waals surface area contributed by atoms with E-state index in [1.807, 2.05) is 13.8 Å². The normalized spacial score (nSPS) is 37.1. The highest BCUT2D eigenvalue weighted by Crippen LogP contribution is 2.59. The molecule has 2 saturated heterocycles. The summed E-state index contributed by atoms with van der Waals surface area (Å²) in [5.41, 5.74) is -0.712. The molecule has 3 rings (SSSR count). The van der Waals surface area contributed by atoms with Gasteiger partial charge in [-0.05, 0) is 31.6 Å². The minimum atomic E-state index is -0.647. The number of epoxide rings is 2. The predicted molar refractivity (Wildman–Crippen MR) is 120 cm³/mol. The molecule has 0 aromatic carbocycles. The zero-order valence-electron chi connectivity index (χ0n) is 20.7. The van der Waals surface area contributed by atoms with Gasteiger partial charge < -0.3 is 29.2 Å². The lowest BCUT2D eigenvalue weighted by molar-refractivity contribution is -0.132. The third-order valence-electron chi connectivity index (χ3n) is 6.98. The van der Waals surface area contributed by atoms with Gasteiger partial charge in [0.25, 0.3) is 0 Å². The Labute approximate surface area is 192 Å². The fourth-order valence-electron chi connectivity index (χ4n) is 5.03. The third kappa shape index (κ3) is 4.97. The number of allylic oxidation sites excluding steroid dienone is 1. The molecular weight excluding hydrogens is 412 g/mol. The Balaban J connectivity index is 1.72. The van der Waals surface area contributed by atoms with Crippen molar-refractivity contribution in [3.05, 3.63) is 12.2 Å². The maximum absolute atomic E-state index is 12.8. The van der Waals surface area contributed by atoms with E-state index in [0.29, 0.717) is 18.9 Å². The summed E-state index contributed by atoms with van der Waals surface area (Å²) in [6, 6.07) is -0.647. The highest BCUT2D eigenvalue weighted by molar-refractivity contribution is 5.85. The van der Waals surface area contributed by atoms with Gasteiger partial charge >= 0.3 is 6.09 Å². The summed E-state index contributed by atoms with van der Waals surface area (Å²) in [7, 11) is 4.99. The molecule has 3 aliphatic rings. The summed E-state index contributed by atoms with van der Waals surface area (Å²) >= 11 is 0. The highest BCUT2D eigenvalue weighted by atomic mass is 16.6. The number of carbonyl (C=O) groups is 2. The van der Waals surface area contributed by atoms with E-state index >= 15 is 0 Å². The maximum Gasteiger partial charge on any atom is 0.408 e. The van der Waals surface area contributed by atoms with E-state index in [9.17, 15) is 9.59 Å². The van der Waals surface area contributed by atoms with Gasteiger partial charge in [-0.1, -0.05) is 39.8 Å². The Morgan fingerprint density at radius 1 is 1.22 bits per heavy atom. The lowest BCUT2D eigenvalue weighted by Gasteiger charge is -2.42. The molecule has 7 atom stereocenters. The molecule has 2 aliphatic heterocycles. The van der Waals surface area contributed by atoms with Crippen LogP contribution in [-0.2, 0) is 23.7 Å². The number of likely N-dealkylation sites (N-methyl/N-ethyl adjacent to an activating group) is 1. The smallest absolute Gasteiger partial charge is 0.408 e. The van der Waals surface area contributed by atoms with Crippen molar-refractivity contribution < 1.29 is 28.5 Å². The van der Waals surface area contributed by atoms with E-state index in [0.717, 1.165) is 6.42 Å². The van der Waals surface area contributed by atoms with Gasteiger partial charge in [-0.3, -0.25) is 4.79 Å². The van der Waals surface area contributed by atoms with Crippen LogP contribution >= 0.6 is 0 Å². The van der Waals surface area contributed by atoms with Gasteiger partial charge in [0.1, 0.15) is 35.6 Å². The van der Waals surface area contributed by atoms with Gasteiger partial charge in [0.2, 0.25) is 5.91 Å². The van der Waals surface area contributed by atoms with Gasteiger partial charge in [0, 0.05) is 21.2 Å². The van der Waals surface area contributed by atoms with E-state index < -0.39 is 23.8 Å². The van der Waals surface area contributed by atoms with Crippen LogP contribution < -0.4 is 5.32 Å². The highest BCUT2D eigenvalue weighted by Gasteiger charge is 2.72. The van der Waals surface area contributed by atoms with Crippen LogP contribution in [-0.4, -0.2) is 80.3 Å². The summed E-state index contributed by atoms with van der Waals surface area (Å²) in [5, 5.41) is 2.76. The van der Waals surface area contributed by atoms with Crippen molar-refractivity contribution in [2.75, 3.05) is 27.8 Å². The van der Waals surface area contributed by atoms with Crippen molar-refractivity contribution in [3.8, 4) is 0 Å². The molecular formula is C24H40N2O6. The van der Waals surface area contributed by atoms with Crippen LogP contribution in [0.4, 0.5) is 4.79 Å². The molecule has 8 nitrogen and oxygen atoms in total. The Kier molecular flexibility index (Phi) is 7.27. The monoisotopic (exact) mass is 452 g/mol. The Morgan fingerprint density at radius 2 is 1.88 bits per heavy atom. The second-order valence-corrected chi connectivity index (χ2v) is 10.5. The summed E-state index contributed by atoms with van der Waals surface area (Å²) in [6.45, 7) is 10.8. The van der Waals surface area contributed by atoms with Crippen LogP contribution in [0.3, 0.4) is 0 Å². The molecule has 0 radical (unpaired) electrons. The molecule has 1 saturated carbocycles. The third-order valence-corrected chi connectivity index (χ3v) is 6.98. The summed E-state index contributed by atoms with van der Waals surface area (Å²) in [6.07, 6.45) is 4.26. The molecule has 182 valence electrons. The van der Waals surface area contributed by atoms with Crippen molar-refractivity contribution in [1.29, 1.82) is 0 Å².